The number of hydrogen-bond acceptors (Lipinski definition) is 4. The van der Waals surface area contributed by atoms with Gasteiger partial charge < -0.3 is 9.84 Å². The van der Waals surface area contributed by atoms with E-state index in [0.29, 0.717) is 0 Å². The van der Waals surface area contributed by atoms with Crippen molar-refractivity contribution in [1.29, 1.82) is 0 Å². The Morgan fingerprint density at radius 3 is 3.07 bits per heavy atom. The Hall–Kier alpha value is -0.740. The highest BCUT2D eigenvalue weighted by atomic mass is 32.2. The Balaban J connectivity index is 2.57. The van der Waals surface area contributed by atoms with Crippen molar-refractivity contribution in [3.8, 4) is 5.75 Å². The lowest BCUT2D eigenvalue weighted by Gasteiger charge is -2.09. The monoisotopic (exact) mass is 213 g/mol. The minimum Gasteiger partial charge on any atom is -0.494 e. The highest BCUT2D eigenvalue weighted by Gasteiger charge is 2.06. The van der Waals surface area contributed by atoms with Gasteiger partial charge in [0.15, 0.2) is 5.75 Å². The van der Waals surface area contributed by atoms with Gasteiger partial charge in [-0.05, 0) is 18.1 Å². The maximum Gasteiger partial charge on any atom is 0.151 e. The molecule has 0 saturated carbocycles. The molecule has 1 rings (SSSR count). The quantitative estimate of drug-likeness (QED) is 0.757. The average molecular weight is 213 g/mol. The summed E-state index contributed by atoms with van der Waals surface area (Å²) in [5, 5.41) is 9.76. The highest BCUT2D eigenvalue weighted by Crippen LogP contribution is 2.27. The van der Waals surface area contributed by atoms with Crippen LogP contribution in [0.1, 0.15) is 6.92 Å². The molecule has 0 spiro atoms. The van der Waals surface area contributed by atoms with E-state index in [4.69, 9.17) is 9.84 Å². The molecule has 0 aromatic carbocycles. The molecule has 3 nitrogen and oxygen atoms in total. The first-order chi connectivity index (χ1) is 6.77. The molecule has 1 atom stereocenters. The SMILES string of the molecule is COc1cccnc1SCC(C)CO. The maximum absolute atomic E-state index is 8.87. The lowest BCUT2D eigenvalue weighted by atomic mass is 10.2. The minimum atomic E-state index is 0.210. The number of hydrogen-bond donors (Lipinski definition) is 1. The van der Waals surface area contributed by atoms with Gasteiger partial charge in [-0.2, -0.15) is 0 Å². The molecule has 14 heavy (non-hydrogen) atoms. The van der Waals surface area contributed by atoms with Gasteiger partial charge in [0, 0.05) is 18.6 Å². The molecule has 0 aliphatic heterocycles. The van der Waals surface area contributed by atoms with Crippen molar-refractivity contribution in [3.05, 3.63) is 18.3 Å². The predicted molar refractivity (Wildman–Crippen MR) is 57.8 cm³/mol. The van der Waals surface area contributed by atoms with Crippen molar-refractivity contribution in [2.75, 3.05) is 19.5 Å². The minimum absolute atomic E-state index is 0.210. The molecule has 1 heterocycles. The molecule has 1 aromatic heterocycles. The van der Waals surface area contributed by atoms with E-state index in [-0.39, 0.29) is 12.5 Å². The molecular formula is C10H15NO2S. The summed E-state index contributed by atoms with van der Waals surface area (Å²) in [4.78, 5) is 4.21. The molecule has 1 unspecified atom stereocenters. The van der Waals surface area contributed by atoms with Crippen molar-refractivity contribution in [2.45, 2.75) is 11.9 Å². The zero-order chi connectivity index (χ0) is 10.4. The standard InChI is InChI=1S/C10H15NO2S/c1-8(6-12)7-14-10-9(13-2)4-3-5-11-10/h3-5,8,12H,6-7H2,1-2H3. The molecular weight excluding hydrogens is 198 g/mol. The van der Waals surface area contributed by atoms with E-state index < -0.39 is 0 Å². The fraction of sp³-hybridized carbons (Fsp3) is 0.500. The van der Waals surface area contributed by atoms with E-state index in [2.05, 4.69) is 4.98 Å². The van der Waals surface area contributed by atoms with E-state index >= 15 is 0 Å². The number of nitrogens with zero attached hydrogens (tertiary/aromatic N) is 1. The second-order valence-corrected chi connectivity index (χ2v) is 4.12. The summed E-state index contributed by atoms with van der Waals surface area (Å²) in [6, 6.07) is 3.73. The molecule has 0 saturated heterocycles. The number of methoxy groups -OCH3 is 1. The van der Waals surface area contributed by atoms with Crippen LogP contribution in [0.15, 0.2) is 23.4 Å². The van der Waals surface area contributed by atoms with Gasteiger partial charge in [0.25, 0.3) is 0 Å². The third-order valence-corrected chi connectivity index (χ3v) is 3.09. The molecule has 78 valence electrons. The molecule has 0 aliphatic carbocycles. The number of aliphatic hydroxyl groups excluding tert-OH is 1. The van der Waals surface area contributed by atoms with E-state index in [1.807, 2.05) is 19.1 Å². The fourth-order valence-electron chi connectivity index (χ4n) is 0.914. The number of aliphatic hydroxyl groups is 1. The first kappa shape index (κ1) is 11.3. The van der Waals surface area contributed by atoms with Crippen LogP contribution in [-0.4, -0.2) is 29.6 Å². The molecule has 0 fully saturated rings. The Labute approximate surface area is 88.5 Å². The smallest absolute Gasteiger partial charge is 0.151 e. The van der Waals surface area contributed by atoms with E-state index in [1.165, 1.54) is 0 Å². The number of ether oxygens (including phenoxy) is 1. The first-order valence-electron chi connectivity index (χ1n) is 4.50. The summed E-state index contributed by atoms with van der Waals surface area (Å²) in [5.74, 6) is 1.93. The second kappa shape index (κ2) is 5.88. The fourth-order valence-corrected chi connectivity index (χ4v) is 1.89. The molecule has 0 radical (unpaired) electrons. The van der Waals surface area contributed by atoms with Crippen LogP contribution in [0.2, 0.25) is 0 Å². The Morgan fingerprint density at radius 1 is 1.64 bits per heavy atom. The van der Waals surface area contributed by atoms with Crippen molar-refractivity contribution in [3.63, 3.8) is 0 Å². The summed E-state index contributed by atoms with van der Waals surface area (Å²) >= 11 is 1.61. The van der Waals surface area contributed by atoms with E-state index in [9.17, 15) is 0 Å². The van der Waals surface area contributed by atoms with Gasteiger partial charge >= 0.3 is 0 Å². The lowest BCUT2D eigenvalue weighted by molar-refractivity contribution is 0.250. The maximum atomic E-state index is 8.87. The van der Waals surface area contributed by atoms with Crippen LogP contribution < -0.4 is 4.74 Å². The molecule has 0 aliphatic rings. The van der Waals surface area contributed by atoms with Crippen LogP contribution in [0.4, 0.5) is 0 Å². The van der Waals surface area contributed by atoms with Crippen LogP contribution >= 0.6 is 11.8 Å². The molecule has 4 heteroatoms. The van der Waals surface area contributed by atoms with Gasteiger partial charge in [-0.3, -0.25) is 0 Å². The van der Waals surface area contributed by atoms with Crippen molar-refractivity contribution in [1.82, 2.24) is 4.98 Å². The van der Waals surface area contributed by atoms with Gasteiger partial charge in [0.2, 0.25) is 0 Å². The molecule has 0 bridgehead atoms. The number of thioether (sulfide) groups is 1. The van der Waals surface area contributed by atoms with E-state index in [0.717, 1.165) is 16.5 Å². The topological polar surface area (TPSA) is 42.4 Å². The summed E-state index contributed by atoms with van der Waals surface area (Å²) in [7, 11) is 1.64. The van der Waals surface area contributed by atoms with Crippen LogP contribution in [0.5, 0.6) is 5.75 Å². The van der Waals surface area contributed by atoms with Gasteiger partial charge in [0.05, 0.1) is 7.11 Å². The Bertz CT molecular complexity index is 281. The van der Waals surface area contributed by atoms with Gasteiger partial charge in [-0.15, -0.1) is 11.8 Å². The summed E-state index contributed by atoms with van der Waals surface area (Å²) in [6.45, 7) is 2.21. The lowest BCUT2D eigenvalue weighted by Crippen LogP contribution is -2.03. The van der Waals surface area contributed by atoms with E-state index in [1.54, 1.807) is 25.1 Å². The van der Waals surface area contributed by atoms with Crippen molar-refractivity contribution in [2.24, 2.45) is 5.92 Å². The summed E-state index contributed by atoms with van der Waals surface area (Å²) in [6.07, 6.45) is 1.74. The van der Waals surface area contributed by atoms with Crippen LogP contribution in [-0.2, 0) is 0 Å². The normalized spacial score (nSPS) is 12.5. The second-order valence-electron chi connectivity index (χ2n) is 3.11. The van der Waals surface area contributed by atoms with Gasteiger partial charge in [-0.25, -0.2) is 4.98 Å². The van der Waals surface area contributed by atoms with Gasteiger partial charge in [-0.1, -0.05) is 6.92 Å². The van der Waals surface area contributed by atoms with Crippen molar-refractivity contribution >= 4 is 11.8 Å². The van der Waals surface area contributed by atoms with Crippen LogP contribution in [0, 0.1) is 5.92 Å². The molecule has 1 aromatic rings. The Morgan fingerprint density at radius 2 is 2.43 bits per heavy atom. The zero-order valence-electron chi connectivity index (χ0n) is 8.43. The summed E-state index contributed by atoms with van der Waals surface area (Å²) in [5.41, 5.74) is 0. The number of pyridine rings is 1. The summed E-state index contributed by atoms with van der Waals surface area (Å²) < 4.78 is 5.17. The number of rotatable bonds is 5. The van der Waals surface area contributed by atoms with Crippen molar-refractivity contribution < 1.29 is 9.84 Å². The highest BCUT2D eigenvalue weighted by molar-refractivity contribution is 7.99. The zero-order valence-corrected chi connectivity index (χ0v) is 9.25. The average Bonchev–Trinajstić information content (AvgIpc) is 2.26. The van der Waals surface area contributed by atoms with Crippen LogP contribution in [0.25, 0.3) is 0 Å². The molecule has 0 amide bonds. The third-order valence-electron chi connectivity index (χ3n) is 1.77. The van der Waals surface area contributed by atoms with Crippen LogP contribution in [0.3, 0.4) is 0 Å². The largest absolute Gasteiger partial charge is 0.494 e. The molecule has 1 N–H and O–H groups in total. The Kier molecular flexibility index (Phi) is 4.76. The predicted octanol–water partition coefficient (Wildman–Crippen LogP) is 1.81. The first-order valence-corrected chi connectivity index (χ1v) is 5.49. The van der Waals surface area contributed by atoms with Gasteiger partial charge in [0.1, 0.15) is 5.03 Å². The number of aromatic nitrogens is 1. The third kappa shape index (κ3) is 3.20.